The molecule has 0 saturated heterocycles. The Morgan fingerprint density at radius 1 is 1.07 bits per heavy atom. The average molecular weight is 456 g/mol. The molecule has 0 amide bonds. The molecule has 0 aliphatic rings. The zero-order chi connectivity index (χ0) is 20.6. The lowest BCUT2D eigenvalue weighted by Crippen LogP contribution is -2.16. The van der Waals surface area contributed by atoms with E-state index in [2.05, 4.69) is 46.7 Å². The van der Waals surface area contributed by atoms with Crippen molar-refractivity contribution in [3.63, 3.8) is 0 Å². The van der Waals surface area contributed by atoms with Gasteiger partial charge >= 0.3 is 0 Å². The second kappa shape index (κ2) is 9.83. The summed E-state index contributed by atoms with van der Waals surface area (Å²) < 4.78 is 6.09. The molecule has 0 bridgehead atoms. The molecule has 0 atom stereocenters. The minimum Gasteiger partial charge on any atom is -0.496 e. The van der Waals surface area contributed by atoms with E-state index in [4.69, 9.17) is 4.74 Å². The fourth-order valence-corrected chi connectivity index (χ4v) is 2.96. The van der Waals surface area contributed by atoms with Crippen LogP contribution in [-0.4, -0.2) is 42.4 Å². The summed E-state index contributed by atoms with van der Waals surface area (Å²) >= 11 is 3.46. The van der Waals surface area contributed by atoms with Crippen molar-refractivity contribution in [2.24, 2.45) is 5.10 Å². The number of hydrazone groups is 1. The maximum absolute atomic E-state index is 5.23. The van der Waals surface area contributed by atoms with Gasteiger partial charge in [0.2, 0.25) is 17.8 Å². The Morgan fingerprint density at radius 2 is 1.83 bits per heavy atom. The van der Waals surface area contributed by atoms with E-state index in [9.17, 15) is 0 Å². The number of nitrogens with zero attached hydrogens (tertiary/aromatic N) is 5. The molecule has 3 rings (SSSR count). The Balaban J connectivity index is 1.72. The van der Waals surface area contributed by atoms with Crippen molar-refractivity contribution < 1.29 is 4.74 Å². The van der Waals surface area contributed by atoms with Crippen LogP contribution in [0.4, 0.5) is 17.8 Å². The molecule has 0 spiro atoms. The minimum absolute atomic E-state index is 0.350. The Hall–Kier alpha value is -3.20. The summed E-state index contributed by atoms with van der Waals surface area (Å²) in [5.41, 5.74) is 4.90. The second-order valence-electron chi connectivity index (χ2n) is 6.28. The fourth-order valence-electron chi connectivity index (χ4n) is 2.40. The standard InChI is InChI=1S/C20H22BrN7O/c1-28(2)20-25-18(22-12-14-7-5-4-6-8-14)24-19(26-20)27-23-13-15-9-10-17(29-3)16(21)11-15/h4-11,13H,12H2,1-3H3,(H2,22,24,25,26,27). The fraction of sp³-hybridized carbons (Fsp3) is 0.200. The van der Waals surface area contributed by atoms with Crippen LogP contribution < -0.4 is 20.4 Å². The van der Waals surface area contributed by atoms with Gasteiger partial charge in [0.05, 0.1) is 17.8 Å². The van der Waals surface area contributed by atoms with Crippen LogP contribution in [0.1, 0.15) is 11.1 Å². The van der Waals surface area contributed by atoms with E-state index in [0.29, 0.717) is 24.4 Å². The first-order chi connectivity index (χ1) is 14.0. The molecular formula is C20H22BrN7O. The van der Waals surface area contributed by atoms with Gasteiger partial charge in [0.1, 0.15) is 5.75 Å². The molecule has 1 aromatic heterocycles. The SMILES string of the molecule is COc1ccc(C=NNc2nc(NCc3ccccc3)nc(N(C)C)n2)cc1Br. The molecule has 29 heavy (non-hydrogen) atoms. The van der Waals surface area contributed by atoms with Crippen LogP contribution in [0, 0.1) is 0 Å². The van der Waals surface area contributed by atoms with Gasteiger partial charge in [-0.2, -0.15) is 20.1 Å². The molecule has 2 N–H and O–H groups in total. The van der Waals surface area contributed by atoms with Crippen LogP contribution in [0.3, 0.4) is 0 Å². The number of benzene rings is 2. The highest BCUT2D eigenvalue weighted by Crippen LogP contribution is 2.24. The highest BCUT2D eigenvalue weighted by Gasteiger charge is 2.08. The molecular weight excluding hydrogens is 434 g/mol. The average Bonchev–Trinajstić information content (AvgIpc) is 2.73. The first-order valence-electron chi connectivity index (χ1n) is 8.89. The molecule has 3 aromatic rings. The molecule has 0 radical (unpaired) electrons. The summed E-state index contributed by atoms with van der Waals surface area (Å²) in [4.78, 5) is 15.0. The van der Waals surface area contributed by atoms with Crippen LogP contribution in [0.25, 0.3) is 0 Å². The third-order valence-corrected chi connectivity index (χ3v) is 4.49. The van der Waals surface area contributed by atoms with Gasteiger partial charge in [-0.25, -0.2) is 5.43 Å². The highest BCUT2D eigenvalue weighted by atomic mass is 79.9. The molecule has 1 heterocycles. The molecule has 0 unspecified atom stereocenters. The summed E-state index contributed by atoms with van der Waals surface area (Å²) in [6.45, 7) is 0.611. The third kappa shape index (κ3) is 5.89. The Labute approximate surface area is 178 Å². The Morgan fingerprint density at radius 3 is 2.52 bits per heavy atom. The van der Waals surface area contributed by atoms with Gasteiger partial charge in [0.15, 0.2) is 0 Å². The molecule has 8 nitrogen and oxygen atoms in total. The zero-order valence-electron chi connectivity index (χ0n) is 16.4. The predicted octanol–water partition coefficient (Wildman–Crippen LogP) is 3.77. The molecule has 0 saturated carbocycles. The first kappa shape index (κ1) is 20.5. The van der Waals surface area contributed by atoms with Crippen LogP contribution >= 0.6 is 15.9 Å². The number of anilines is 3. The quantitative estimate of drug-likeness (QED) is 0.394. The second-order valence-corrected chi connectivity index (χ2v) is 7.13. The van der Waals surface area contributed by atoms with Crippen molar-refractivity contribution in [2.75, 3.05) is 36.8 Å². The largest absolute Gasteiger partial charge is 0.496 e. The summed E-state index contributed by atoms with van der Waals surface area (Å²) in [7, 11) is 5.37. The molecule has 9 heteroatoms. The summed E-state index contributed by atoms with van der Waals surface area (Å²) in [6.07, 6.45) is 1.68. The van der Waals surface area contributed by atoms with Crippen molar-refractivity contribution in [1.29, 1.82) is 0 Å². The van der Waals surface area contributed by atoms with E-state index in [1.807, 2.05) is 67.5 Å². The number of halogens is 1. The van der Waals surface area contributed by atoms with Crippen molar-refractivity contribution in [3.8, 4) is 5.75 Å². The van der Waals surface area contributed by atoms with E-state index in [1.54, 1.807) is 13.3 Å². The lowest BCUT2D eigenvalue weighted by molar-refractivity contribution is 0.412. The third-order valence-electron chi connectivity index (χ3n) is 3.87. The number of ether oxygens (including phenoxy) is 1. The molecule has 0 aliphatic carbocycles. The number of hydrogen-bond donors (Lipinski definition) is 2. The van der Waals surface area contributed by atoms with E-state index < -0.39 is 0 Å². The number of nitrogens with one attached hydrogen (secondary N) is 2. The van der Waals surface area contributed by atoms with Crippen molar-refractivity contribution in [3.05, 3.63) is 64.1 Å². The Bertz CT molecular complexity index is 980. The van der Waals surface area contributed by atoms with Gasteiger partial charge in [-0.3, -0.25) is 0 Å². The number of methoxy groups -OCH3 is 1. The maximum Gasteiger partial charge on any atom is 0.250 e. The van der Waals surface area contributed by atoms with Crippen LogP contribution in [0.2, 0.25) is 0 Å². The first-order valence-corrected chi connectivity index (χ1v) is 9.68. The van der Waals surface area contributed by atoms with Gasteiger partial charge < -0.3 is 15.0 Å². The van der Waals surface area contributed by atoms with Gasteiger partial charge in [-0.05, 0) is 45.3 Å². The normalized spacial score (nSPS) is 10.8. The number of rotatable bonds is 8. The van der Waals surface area contributed by atoms with Gasteiger partial charge in [0.25, 0.3) is 0 Å². The maximum atomic E-state index is 5.23. The lowest BCUT2D eigenvalue weighted by atomic mass is 10.2. The monoisotopic (exact) mass is 455 g/mol. The van der Waals surface area contributed by atoms with Crippen molar-refractivity contribution in [2.45, 2.75) is 6.54 Å². The predicted molar refractivity (Wildman–Crippen MR) is 120 cm³/mol. The number of aromatic nitrogens is 3. The van der Waals surface area contributed by atoms with Crippen molar-refractivity contribution >= 4 is 40.0 Å². The van der Waals surface area contributed by atoms with Crippen LogP contribution in [-0.2, 0) is 6.54 Å². The Kier molecular flexibility index (Phi) is 6.96. The van der Waals surface area contributed by atoms with Gasteiger partial charge in [0, 0.05) is 20.6 Å². The number of hydrogen-bond acceptors (Lipinski definition) is 8. The summed E-state index contributed by atoms with van der Waals surface area (Å²) in [5.74, 6) is 2.11. The summed E-state index contributed by atoms with van der Waals surface area (Å²) in [5, 5.41) is 7.46. The lowest BCUT2D eigenvalue weighted by Gasteiger charge is -2.13. The highest BCUT2D eigenvalue weighted by molar-refractivity contribution is 9.10. The minimum atomic E-state index is 0.350. The topological polar surface area (TPSA) is 87.6 Å². The van der Waals surface area contributed by atoms with E-state index in [1.165, 1.54) is 0 Å². The molecule has 2 aromatic carbocycles. The molecule has 150 valence electrons. The van der Waals surface area contributed by atoms with E-state index >= 15 is 0 Å². The molecule has 0 fully saturated rings. The zero-order valence-corrected chi connectivity index (χ0v) is 18.0. The van der Waals surface area contributed by atoms with Crippen LogP contribution in [0.15, 0.2) is 58.1 Å². The van der Waals surface area contributed by atoms with E-state index in [-0.39, 0.29) is 0 Å². The smallest absolute Gasteiger partial charge is 0.250 e. The van der Waals surface area contributed by atoms with Crippen LogP contribution in [0.5, 0.6) is 5.75 Å². The molecule has 0 aliphatic heterocycles. The summed E-state index contributed by atoms with van der Waals surface area (Å²) in [6, 6.07) is 15.7. The van der Waals surface area contributed by atoms with E-state index in [0.717, 1.165) is 21.3 Å². The van der Waals surface area contributed by atoms with Gasteiger partial charge in [-0.15, -0.1) is 0 Å². The van der Waals surface area contributed by atoms with Crippen molar-refractivity contribution in [1.82, 2.24) is 15.0 Å². The van der Waals surface area contributed by atoms with Gasteiger partial charge in [-0.1, -0.05) is 30.3 Å².